The van der Waals surface area contributed by atoms with E-state index in [-0.39, 0.29) is 12.0 Å². The molecule has 0 saturated carbocycles. The highest BCUT2D eigenvalue weighted by molar-refractivity contribution is 5.76. The summed E-state index contributed by atoms with van der Waals surface area (Å²) in [5.41, 5.74) is -0.306. The summed E-state index contributed by atoms with van der Waals surface area (Å²) in [6, 6.07) is 2.00. The predicted octanol–water partition coefficient (Wildman–Crippen LogP) is 2.64. The molecule has 0 bridgehead atoms. The van der Waals surface area contributed by atoms with Crippen LogP contribution in [0.4, 0.5) is 17.6 Å². The van der Waals surface area contributed by atoms with Crippen LogP contribution in [-0.2, 0) is 4.79 Å². The number of amides is 1. The normalized spacial score (nSPS) is 17.1. The van der Waals surface area contributed by atoms with Gasteiger partial charge in [0.25, 0.3) is 0 Å². The predicted molar refractivity (Wildman–Crippen MR) is 69.0 cm³/mol. The first kappa shape index (κ1) is 15.8. The van der Waals surface area contributed by atoms with Crippen LogP contribution >= 0.6 is 0 Å². The zero-order valence-corrected chi connectivity index (χ0v) is 11.3. The van der Waals surface area contributed by atoms with E-state index in [4.69, 9.17) is 0 Å². The molecular formula is C14H16F4N2O. The van der Waals surface area contributed by atoms with Crippen LogP contribution < -0.4 is 5.32 Å². The molecule has 1 aliphatic heterocycles. The van der Waals surface area contributed by atoms with E-state index in [0.29, 0.717) is 6.54 Å². The number of rotatable bonds is 5. The Kier molecular flexibility index (Phi) is 4.82. The van der Waals surface area contributed by atoms with Gasteiger partial charge in [-0.15, -0.1) is 0 Å². The smallest absolute Gasteiger partial charge is 0.341 e. The van der Waals surface area contributed by atoms with E-state index >= 15 is 0 Å². The van der Waals surface area contributed by atoms with Crippen molar-refractivity contribution >= 4 is 5.91 Å². The van der Waals surface area contributed by atoms with Crippen LogP contribution in [0, 0.1) is 5.82 Å². The Bertz CT molecular complexity index is 500. The van der Waals surface area contributed by atoms with Crippen molar-refractivity contribution in [1.82, 2.24) is 10.2 Å². The van der Waals surface area contributed by atoms with Crippen LogP contribution in [0.1, 0.15) is 24.4 Å². The van der Waals surface area contributed by atoms with Crippen LogP contribution in [-0.4, -0.2) is 36.6 Å². The summed E-state index contributed by atoms with van der Waals surface area (Å²) >= 11 is 0. The zero-order chi connectivity index (χ0) is 15.5. The molecule has 0 spiro atoms. The van der Waals surface area contributed by atoms with Crippen molar-refractivity contribution in [2.45, 2.75) is 25.1 Å². The second kappa shape index (κ2) is 6.43. The van der Waals surface area contributed by atoms with E-state index in [9.17, 15) is 22.4 Å². The van der Waals surface area contributed by atoms with Gasteiger partial charge in [-0.05, 0) is 37.2 Å². The number of likely N-dealkylation sites (tertiary alicyclic amines) is 1. The number of halogens is 4. The third-order valence-electron chi connectivity index (χ3n) is 3.42. The fourth-order valence-electron chi connectivity index (χ4n) is 2.14. The van der Waals surface area contributed by atoms with Gasteiger partial charge in [-0.3, -0.25) is 4.79 Å². The standard InChI is InChI=1S/C14H16F4N2O/c15-11-4-1-3-10(9-11)13(14(16,17)18)19-12(21)5-8-20-6-2-7-20/h1,3-4,9,13H,2,5-8H2,(H,19,21)/t13-/m1/s1. The van der Waals surface area contributed by atoms with Gasteiger partial charge in [0, 0.05) is 13.0 Å². The number of alkyl halides is 3. The van der Waals surface area contributed by atoms with E-state index in [0.717, 1.165) is 37.7 Å². The second-order valence-corrected chi connectivity index (χ2v) is 5.04. The van der Waals surface area contributed by atoms with E-state index in [2.05, 4.69) is 0 Å². The average molecular weight is 304 g/mol. The first-order chi connectivity index (χ1) is 9.86. The molecule has 1 aromatic carbocycles. The van der Waals surface area contributed by atoms with Crippen LogP contribution in [0.5, 0.6) is 0 Å². The first-order valence-corrected chi connectivity index (χ1v) is 6.70. The molecule has 1 N–H and O–H groups in total. The molecular weight excluding hydrogens is 288 g/mol. The van der Waals surface area contributed by atoms with Gasteiger partial charge >= 0.3 is 6.18 Å². The van der Waals surface area contributed by atoms with Crippen LogP contribution in [0.3, 0.4) is 0 Å². The van der Waals surface area contributed by atoms with Crippen molar-refractivity contribution in [1.29, 1.82) is 0 Å². The molecule has 2 rings (SSSR count). The zero-order valence-electron chi connectivity index (χ0n) is 11.3. The first-order valence-electron chi connectivity index (χ1n) is 6.70. The third-order valence-corrected chi connectivity index (χ3v) is 3.42. The quantitative estimate of drug-likeness (QED) is 0.848. The minimum absolute atomic E-state index is 0.00188. The number of hydrogen-bond donors (Lipinski definition) is 1. The molecule has 0 aromatic heterocycles. The van der Waals surface area contributed by atoms with Crippen molar-refractivity contribution in [3.05, 3.63) is 35.6 Å². The Labute approximate surface area is 119 Å². The summed E-state index contributed by atoms with van der Waals surface area (Å²) in [4.78, 5) is 13.7. The molecule has 3 nitrogen and oxygen atoms in total. The van der Waals surface area contributed by atoms with Crippen LogP contribution in [0.25, 0.3) is 0 Å². The molecule has 1 aromatic rings. The molecule has 1 aliphatic rings. The number of benzene rings is 1. The second-order valence-electron chi connectivity index (χ2n) is 5.04. The fourth-order valence-corrected chi connectivity index (χ4v) is 2.14. The Hall–Kier alpha value is -1.63. The monoisotopic (exact) mass is 304 g/mol. The molecule has 7 heteroatoms. The number of nitrogens with one attached hydrogen (secondary N) is 1. The summed E-state index contributed by atoms with van der Waals surface area (Å²) in [5, 5.41) is 1.95. The molecule has 1 saturated heterocycles. The maximum atomic E-state index is 13.1. The molecule has 116 valence electrons. The van der Waals surface area contributed by atoms with E-state index in [1.165, 1.54) is 6.07 Å². The molecule has 1 fully saturated rings. The summed E-state index contributed by atoms with van der Waals surface area (Å²) < 4.78 is 52.2. The van der Waals surface area contributed by atoms with Crippen LogP contribution in [0.15, 0.2) is 24.3 Å². The van der Waals surface area contributed by atoms with Crippen LogP contribution in [0.2, 0.25) is 0 Å². The van der Waals surface area contributed by atoms with Crippen molar-refractivity contribution < 1.29 is 22.4 Å². The Balaban J connectivity index is 2.01. The minimum Gasteiger partial charge on any atom is -0.341 e. The summed E-state index contributed by atoms with van der Waals surface area (Å²) in [7, 11) is 0. The Morgan fingerprint density at radius 3 is 2.57 bits per heavy atom. The molecule has 1 amide bonds. The van der Waals surface area contributed by atoms with Gasteiger partial charge in [0.1, 0.15) is 5.82 Å². The van der Waals surface area contributed by atoms with Crippen molar-refractivity contribution in [3.63, 3.8) is 0 Å². The lowest BCUT2D eigenvalue weighted by Crippen LogP contribution is -2.42. The Morgan fingerprint density at radius 2 is 2.05 bits per heavy atom. The summed E-state index contributed by atoms with van der Waals surface area (Å²) in [5.74, 6) is -1.45. The van der Waals surface area contributed by atoms with Gasteiger partial charge in [-0.2, -0.15) is 13.2 Å². The summed E-state index contributed by atoms with van der Waals surface area (Å²) in [6.07, 6.45) is -3.61. The average Bonchev–Trinajstić information content (AvgIpc) is 2.32. The van der Waals surface area contributed by atoms with Crippen molar-refractivity contribution in [2.75, 3.05) is 19.6 Å². The van der Waals surface area contributed by atoms with Gasteiger partial charge < -0.3 is 10.2 Å². The highest BCUT2D eigenvalue weighted by atomic mass is 19.4. The minimum atomic E-state index is -4.67. The SMILES string of the molecule is O=C(CCN1CCC1)N[C@H](c1cccc(F)c1)C(F)(F)F. The van der Waals surface area contributed by atoms with Gasteiger partial charge in [-0.25, -0.2) is 4.39 Å². The van der Waals surface area contributed by atoms with E-state index < -0.39 is 23.9 Å². The van der Waals surface area contributed by atoms with E-state index in [1.54, 1.807) is 0 Å². The number of nitrogens with zero attached hydrogens (tertiary/aromatic N) is 1. The van der Waals surface area contributed by atoms with Gasteiger partial charge in [0.15, 0.2) is 6.04 Å². The van der Waals surface area contributed by atoms with Gasteiger partial charge in [0.2, 0.25) is 5.91 Å². The lowest BCUT2D eigenvalue weighted by molar-refractivity contribution is -0.163. The number of carbonyl (C=O) groups is 1. The summed E-state index contributed by atoms with van der Waals surface area (Å²) in [6.45, 7) is 2.19. The maximum Gasteiger partial charge on any atom is 0.412 e. The maximum absolute atomic E-state index is 13.1. The van der Waals surface area contributed by atoms with Gasteiger partial charge in [-0.1, -0.05) is 12.1 Å². The topological polar surface area (TPSA) is 32.3 Å². The highest BCUT2D eigenvalue weighted by Gasteiger charge is 2.42. The van der Waals surface area contributed by atoms with Gasteiger partial charge in [0.05, 0.1) is 0 Å². The largest absolute Gasteiger partial charge is 0.412 e. The fraction of sp³-hybridized carbons (Fsp3) is 0.500. The molecule has 0 unspecified atom stereocenters. The molecule has 1 heterocycles. The molecule has 1 atom stereocenters. The number of carbonyl (C=O) groups excluding carboxylic acids is 1. The lowest BCUT2D eigenvalue weighted by atomic mass is 10.1. The lowest BCUT2D eigenvalue weighted by Gasteiger charge is -2.30. The highest BCUT2D eigenvalue weighted by Crippen LogP contribution is 2.32. The molecule has 0 aliphatic carbocycles. The number of hydrogen-bond acceptors (Lipinski definition) is 2. The molecule has 21 heavy (non-hydrogen) atoms. The molecule has 0 radical (unpaired) electrons. The van der Waals surface area contributed by atoms with Crippen molar-refractivity contribution in [2.24, 2.45) is 0 Å². The van der Waals surface area contributed by atoms with Crippen molar-refractivity contribution in [3.8, 4) is 0 Å². The van der Waals surface area contributed by atoms with E-state index in [1.807, 2.05) is 10.2 Å². The third kappa shape index (κ3) is 4.42. The Morgan fingerprint density at radius 1 is 1.33 bits per heavy atom.